The van der Waals surface area contributed by atoms with Crippen LogP contribution in [0.15, 0.2) is 47.8 Å². The summed E-state index contributed by atoms with van der Waals surface area (Å²) in [6.07, 6.45) is -0.0206. The summed E-state index contributed by atoms with van der Waals surface area (Å²) in [6.45, 7) is 0.0546. The van der Waals surface area contributed by atoms with Gasteiger partial charge < -0.3 is 30.0 Å². The molecule has 2 unspecified atom stereocenters. The lowest BCUT2D eigenvalue weighted by molar-refractivity contribution is -0.134. The predicted octanol–water partition coefficient (Wildman–Crippen LogP) is 2.42. The topological polar surface area (TPSA) is 156 Å². The summed E-state index contributed by atoms with van der Waals surface area (Å²) in [7, 11) is 1.50. The SMILES string of the molecule is COc1cccc(CC(C(=O)Nc2nc(C(=O)O)cs2)N2C(=O)NC(c3ccc4c(c3)OCO4)C2=O)c1. The number of benzene rings is 2. The van der Waals surface area contributed by atoms with Gasteiger partial charge in [-0.1, -0.05) is 18.2 Å². The first-order valence-corrected chi connectivity index (χ1v) is 11.9. The first-order valence-electron chi connectivity index (χ1n) is 11.0. The van der Waals surface area contributed by atoms with Gasteiger partial charge in [0.25, 0.3) is 5.91 Å². The van der Waals surface area contributed by atoms with Crippen molar-refractivity contribution in [3.63, 3.8) is 0 Å². The highest BCUT2D eigenvalue weighted by Gasteiger charge is 2.45. The Kier molecular flexibility index (Phi) is 6.36. The summed E-state index contributed by atoms with van der Waals surface area (Å²) in [4.78, 5) is 55.8. The third kappa shape index (κ3) is 4.76. The molecule has 2 aliphatic heterocycles. The van der Waals surface area contributed by atoms with Gasteiger partial charge >= 0.3 is 12.0 Å². The van der Waals surface area contributed by atoms with Gasteiger partial charge in [-0.05, 0) is 35.4 Å². The monoisotopic (exact) mass is 524 g/mol. The fourth-order valence-electron chi connectivity index (χ4n) is 4.05. The molecule has 1 aromatic heterocycles. The average molecular weight is 525 g/mol. The molecule has 190 valence electrons. The molecule has 0 aliphatic carbocycles. The number of carboxylic acid groups (broad SMARTS) is 1. The van der Waals surface area contributed by atoms with Gasteiger partial charge in [0, 0.05) is 11.8 Å². The lowest BCUT2D eigenvalue weighted by atomic mass is 10.0. The van der Waals surface area contributed by atoms with Gasteiger partial charge in [0.05, 0.1) is 7.11 Å². The van der Waals surface area contributed by atoms with Crippen molar-refractivity contribution < 1.29 is 38.5 Å². The van der Waals surface area contributed by atoms with Crippen molar-refractivity contribution in [1.82, 2.24) is 15.2 Å². The van der Waals surface area contributed by atoms with Crippen LogP contribution in [0.1, 0.15) is 27.7 Å². The van der Waals surface area contributed by atoms with E-state index in [4.69, 9.17) is 19.3 Å². The van der Waals surface area contributed by atoms with Crippen molar-refractivity contribution in [2.45, 2.75) is 18.5 Å². The Morgan fingerprint density at radius 3 is 2.81 bits per heavy atom. The third-order valence-electron chi connectivity index (χ3n) is 5.83. The molecule has 3 N–H and O–H groups in total. The lowest BCUT2D eigenvalue weighted by Crippen LogP contribution is -2.49. The maximum absolute atomic E-state index is 13.5. The maximum atomic E-state index is 13.5. The van der Waals surface area contributed by atoms with Crippen LogP contribution in [0.4, 0.5) is 9.93 Å². The zero-order valence-electron chi connectivity index (χ0n) is 19.3. The first-order chi connectivity index (χ1) is 17.8. The zero-order valence-corrected chi connectivity index (χ0v) is 20.1. The average Bonchev–Trinajstić information content (AvgIpc) is 3.61. The van der Waals surface area contributed by atoms with Crippen LogP contribution in [0.25, 0.3) is 0 Å². The number of ether oxygens (including phenoxy) is 3. The van der Waals surface area contributed by atoms with Crippen LogP contribution in [0, 0.1) is 0 Å². The van der Waals surface area contributed by atoms with Crippen molar-refractivity contribution in [3.05, 3.63) is 64.7 Å². The molecule has 2 atom stereocenters. The minimum Gasteiger partial charge on any atom is -0.497 e. The molecular formula is C24H20N4O8S. The summed E-state index contributed by atoms with van der Waals surface area (Å²) in [5.41, 5.74) is 0.871. The normalized spacial score (nSPS) is 16.9. The Morgan fingerprint density at radius 1 is 1.24 bits per heavy atom. The molecule has 0 saturated carbocycles. The number of aromatic nitrogens is 1. The van der Waals surface area contributed by atoms with E-state index in [-0.39, 0.29) is 24.0 Å². The van der Waals surface area contributed by atoms with Crippen molar-refractivity contribution >= 4 is 40.3 Å². The van der Waals surface area contributed by atoms with Crippen LogP contribution in [-0.2, 0) is 16.0 Å². The predicted molar refractivity (Wildman–Crippen MR) is 129 cm³/mol. The molecular weight excluding hydrogens is 504 g/mol. The van der Waals surface area contributed by atoms with Crippen LogP contribution in [0.3, 0.4) is 0 Å². The van der Waals surface area contributed by atoms with Gasteiger partial charge in [0.2, 0.25) is 12.7 Å². The molecule has 1 fully saturated rings. The number of carboxylic acids is 1. The number of thiazole rings is 1. The second-order valence-corrected chi connectivity index (χ2v) is 8.97. The van der Waals surface area contributed by atoms with Crippen molar-refractivity contribution in [1.29, 1.82) is 0 Å². The largest absolute Gasteiger partial charge is 0.497 e. The van der Waals surface area contributed by atoms with E-state index in [2.05, 4.69) is 15.6 Å². The molecule has 12 nitrogen and oxygen atoms in total. The van der Waals surface area contributed by atoms with Gasteiger partial charge in [-0.3, -0.25) is 9.59 Å². The lowest BCUT2D eigenvalue weighted by Gasteiger charge is -2.24. The van der Waals surface area contributed by atoms with Crippen molar-refractivity contribution in [2.24, 2.45) is 0 Å². The zero-order chi connectivity index (χ0) is 26.1. The van der Waals surface area contributed by atoms with Gasteiger partial charge in [-0.25, -0.2) is 19.5 Å². The fourth-order valence-corrected chi connectivity index (χ4v) is 4.74. The van der Waals surface area contributed by atoms with Crippen LogP contribution in [0.5, 0.6) is 17.2 Å². The highest BCUT2D eigenvalue weighted by Crippen LogP contribution is 2.36. The standard InChI is InChI=1S/C24H20N4O8S/c1-34-14-4-2-3-12(7-14)8-16(20(29)27-23-25-15(10-37-23)22(31)32)28-21(30)19(26-24(28)33)13-5-6-17-18(9-13)36-11-35-17/h2-7,9-10,16,19H,8,11H2,1H3,(H,26,33)(H,31,32)(H,25,27,29). The molecule has 1 saturated heterocycles. The summed E-state index contributed by atoms with van der Waals surface area (Å²) in [5, 5.41) is 15.6. The molecule has 0 spiro atoms. The van der Waals surface area contributed by atoms with E-state index in [0.29, 0.717) is 28.4 Å². The molecule has 3 heterocycles. The second kappa shape index (κ2) is 9.78. The minimum absolute atomic E-state index is 0.0206. The first kappa shape index (κ1) is 24.1. The maximum Gasteiger partial charge on any atom is 0.355 e. The van der Waals surface area contributed by atoms with Gasteiger partial charge in [-0.15, -0.1) is 11.3 Å². The molecule has 4 amide bonds. The van der Waals surface area contributed by atoms with E-state index >= 15 is 0 Å². The van der Waals surface area contributed by atoms with Gasteiger partial charge in [0.1, 0.15) is 17.8 Å². The minimum atomic E-state index is -1.27. The molecule has 2 aromatic carbocycles. The van der Waals surface area contributed by atoms with Crippen LogP contribution < -0.4 is 24.8 Å². The smallest absolute Gasteiger partial charge is 0.355 e. The Bertz CT molecular complexity index is 1410. The van der Waals surface area contributed by atoms with Crippen LogP contribution >= 0.6 is 11.3 Å². The highest BCUT2D eigenvalue weighted by atomic mass is 32.1. The van der Waals surface area contributed by atoms with E-state index < -0.39 is 35.9 Å². The summed E-state index contributed by atoms with van der Waals surface area (Å²) >= 11 is 0.915. The molecule has 0 bridgehead atoms. The van der Waals surface area contributed by atoms with E-state index in [9.17, 15) is 19.2 Å². The number of hydrogen-bond acceptors (Lipinski definition) is 9. The van der Waals surface area contributed by atoms with Crippen molar-refractivity contribution in [2.75, 3.05) is 19.2 Å². The Morgan fingerprint density at radius 2 is 2.05 bits per heavy atom. The number of carbonyl (C=O) groups is 4. The number of amides is 4. The van der Waals surface area contributed by atoms with Gasteiger partial charge in [-0.2, -0.15) is 0 Å². The van der Waals surface area contributed by atoms with E-state index in [1.807, 2.05) is 0 Å². The van der Waals surface area contributed by atoms with Crippen molar-refractivity contribution in [3.8, 4) is 17.2 Å². The number of anilines is 1. The number of rotatable bonds is 8. The van der Waals surface area contributed by atoms with Crippen LogP contribution in [-0.4, -0.2) is 58.7 Å². The quantitative estimate of drug-likeness (QED) is 0.377. The molecule has 3 aromatic rings. The fraction of sp³-hybridized carbons (Fsp3) is 0.208. The summed E-state index contributed by atoms with van der Waals surface area (Å²) < 4.78 is 15.9. The number of nitrogens with one attached hydrogen (secondary N) is 2. The third-order valence-corrected chi connectivity index (χ3v) is 6.59. The number of fused-ring (bicyclic) bond motifs is 1. The van der Waals surface area contributed by atoms with Gasteiger partial charge in [0.15, 0.2) is 22.3 Å². The number of methoxy groups -OCH3 is 1. The van der Waals surface area contributed by atoms with E-state index in [0.717, 1.165) is 16.2 Å². The molecule has 37 heavy (non-hydrogen) atoms. The highest BCUT2D eigenvalue weighted by molar-refractivity contribution is 7.14. The van der Waals surface area contributed by atoms with E-state index in [1.165, 1.54) is 12.5 Å². The molecule has 5 rings (SSSR count). The Hall–Kier alpha value is -4.65. The van der Waals surface area contributed by atoms with Crippen LogP contribution in [0.2, 0.25) is 0 Å². The Balaban J connectivity index is 1.44. The summed E-state index contributed by atoms with van der Waals surface area (Å²) in [6, 6.07) is 8.72. The second-order valence-electron chi connectivity index (χ2n) is 8.11. The number of urea groups is 1. The number of hydrogen-bond donors (Lipinski definition) is 3. The number of carbonyl (C=O) groups excluding carboxylic acids is 3. The molecule has 2 aliphatic rings. The van der Waals surface area contributed by atoms with E-state index in [1.54, 1.807) is 42.5 Å². The number of imide groups is 1. The number of aromatic carboxylic acids is 1. The number of nitrogens with zero attached hydrogens (tertiary/aromatic N) is 2. The molecule has 0 radical (unpaired) electrons. The molecule has 13 heteroatoms. The Labute approximate surface area is 213 Å². The summed E-state index contributed by atoms with van der Waals surface area (Å²) in [5.74, 6) is -1.07.